The highest BCUT2D eigenvalue weighted by Crippen LogP contribution is 2.34. The average molecular weight is 367 g/mol. The molecule has 0 fully saturated rings. The number of aromatic amines is 1. The standard InChI is InChI=1S/C19H14N4O2.ClH/c1-12-17(11-20-22-12)19-10-15(13-5-3-2-4-6-13)16-9-14(23(24)25)7-8-18(16)21-19;/h2-11H,1H3,(H,20,22);1H. The first-order valence-electron chi connectivity index (χ1n) is 7.78. The number of nitro groups is 1. The van der Waals surface area contributed by atoms with E-state index in [2.05, 4.69) is 15.2 Å². The summed E-state index contributed by atoms with van der Waals surface area (Å²) in [5, 5.41) is 18.9. The van der Waals surface area contributed by atoms with Crippen molar-refractivity contribution < 1.29 is 4.92 Å². The van der Waals surface area contributed by atoms with E-state index in [0.29, 0.717) is 5.52 Å². The first-order valence-corrected chi connectivity index (χ1v) is 7.78. The number of aromatic nitrogens is 3. The number of hydrogen-bond donors (Lipinski definition) is 1. The first kappa shape index (κ1) is 17.6. The van der Waals surface area contributed by atoms with Crippen LogP contribution in [0.25, 0.3) is 33.3 Å². The van der Waals surface area contributed by atoms with Crippen molar-refractivity contribution in [3.05, 3.63) is 76.6 Å². The van der Waals surface area contributed by atoms with Crippen LogP contribution in [0.5, 0.6) is 0 Å². The number of nitrogens with one attached hydrogen (secondary N) is 1. The number of rotatable bonds is 3. The normalized spacial score (nSPS) is 10.5. The molecule has 130 valence electrons. The lowest BCUT2D eigenvalue weighted by Crippen LogP contribution is -1.93. The smallest absolute Gasteiger partial charge is 0.270 e. The molecule has 0 aliphatic rings. The molecule has 0 bridgehead atoms. The number of non-ortho nitro benzene ring substituents is 1. The molecular formula is C19H15ClN4O2. The van der Waals surface area contributed by atoms with Gasteiger partial charge in [0.05, 0.1) is 22.3 Å². The predicted octanol–water partition coefficient (Wildman–Crippen LogP) is 4.93. The van der Waals surface area contributed by atoms with Crippen LogP contribution in [0.2, 0.25) is 0 Å². The van der Waals surface area contributed by atoms with Gasteiger partial charge >= 0.3 is 0 Å². The number of benzene rings is 2. The zero-order valence-electron chi connectivity index (χ0n) is 13.8. The van der Waals surface area contributed by atoms with Crippen LogP contribution < -0.4 is 0 Å². The second-order valence-corrected chi connectivity index (χ2v) is 5.79. The van der Waals surface area contributed by atoms with E-state index in [4.69, 9.17) is 0 Å². The quantitative estimate of drug-likeness (QED) is 0.411. The van der Waals surface area contributed by atoms with Crippen LogP contribution in [0.4, 0.5) is 5.69 Å². The molecule has 0 unspecified atom stereocenters. The minimum atomic E-state index is -0.387. The van der Waals surface area contributed by atoms with Crippen molar-refractivity contribution in [2.75, 3.05) is 0 Å². The second kappa shape index (κ2) is 6.93. The van der Waals surface area contributed by atoms with Crippen LogP contribution in [0.15, 0.2) is 60.8 Å². The van der Waals surface area contributed by atoms with Crippen LogP contribution in [0.1, 0.15) is 5.69 Å². The summed E-state index contributed by atoms with van der Waals surface area (Å²) in [7, 11) is 0. The third-order valence-corrected chi connectivity index (χ3v) is 4.19. The van der Waals surface area contributed by atoms with Gasteiger partial charge in [-0.1, -0.05) is 30.3 Å². The molecule has 1 N–H and O–H groups in total. The van der Waals surface area contributed by atoms with Crippen molar-refractivity contribution in [1.82, 2.24) is 15.2 Å². The lowest BCUT2D eigenvalue weighted by molar-refractivity contribution is -0.384. The maximum absolute atomic E-state index is 11.2. The SMILES string of the molecule is Cc1[nH]ncc1-c1cc(-c2ccccc2)c2cc([N+](=O)[O-])ccc2n1.Cl. The molecule has 0 spiro atoms. The van der Waals surface area contributed by atoms with Crippen molar-refractivity contribution in [3.63, 3.8) is 0 Å². The van der Waals surface area contributed by atoms with Crippen molar-refractivity contribution in [1.29, 1.82) is 0 Å². The molecule has 26 heavy (non-hydrogen) atoms. The van der Waals surface area contributed by atoms with Gasteiger partial charge in [0, 0.05) is 28.8 Å². The van der Waals surface area contributed by atoms with Crippen molar-refractivity contribution in [2.24, 2.45) is 0 Å². The molecule has 7 heteroatoms. The maximum Gasteiger partial charge on any atom is 0.270 e. The molecule has 2 heterocycles. The highest BCUT2D eigenvalue weighted by Gasteiger charge is 2.15. The predicted molar refractivity (Wildman–Crippen MR) is 103 cm³/mol. The number of halogens is 1. The van der Waals surface area contributed by atoms with E-state index in [0.717, 1.165) is 33.5 Å². The Morgan fingerprint density at radius 3 is 2.46 bits per heavy atom. The van der Waals surface area contributed by atoms with Crippen molar-refractivity contribution in [2.45, 2.75) is 6.92 Å². The Morgan fingerprint density at radius 2 is 1.81 bits per heavy atom. The second-order valence-electron chi connectivity index (χ2n) is 5.79. The van der Waals surface area contributed by atoms with E-state index in [-0.39, 0.29) is 23.0 Å². The number of aryl methyl sites for hydroxylation is 1. The zero-order valence-corrected chi connectivity index (χ0v) is 14.7. The number of nitro benzene ring substituents is 1. The molecule has 0 aliphatic heterocycles. The van der Waals surface area contributed by atoms with E-state index < -0.39 is 0 Å². The lowest BCUT2D eigenvalue weighted by Gasteiger charge is -2.10. The first-order chi connectivity index (χ1) is 12.1. The monoisotopic (exact) mass is 366 g/mol. The summed E-state index contributed by atoms with van der Waals surface area (Å²) in [5.41, 5.74) is 5.28. The topological polar surface area (TPSA) is 84.7 Å². The number of H-pyrrole nitrogens is 1. The third kappa shape index (κ3) is 3.02. The fourth-order valence-electron chi connectivity index (χ4n) is 2.93. The van der Waals surface area contributed by atoms with Crippen LogP contribution in [-0.2, 0) is 0 Å². The summed E-state index contributed by atoms with van der Waals surface area (Å²) in [6, 6.07) is 16.5. The van der Waals surface area contributed by atoms with Gasteiger partial charge in [-0.25, -0.2) is 4.98 Å². The van der Waals surface area contributed by atoms with E-state index in [1.54, 1.807) is 18.3 Å². The minimum absolute atomic E-state index is 0. The van der Waals surface area contributed by atoms with Gasteiger partial charge in [-0.05, 0) is 30.2 Å². The summed E-state index contributed by atoms with van der Waals surface area (Å²) < 4.78 is 0. The number of pyridine rings is 1. The average Bonchev–Trinajstić information content (AvgIpc) is 3.07. The number of fused-ring (bicyclic) bond motifs is 1. The molecule has 0 amide bonds. The summed E-state index contributed by atoms with van der Waals surface area (Å²) in [6.07, 6.45) is 1.74. The van der Waals surface area contributed by atoms with E-state index >= 15 is 0 Å². The molecule has 4 rings (SSSR count). The molecule has 0 atom stereocenters. The molecule has 0 aliphatic carbocycles. The van der Waals surface area contributed by atoms with Crippen molar-refractivity contribution >= 4 is 29.0 Å². The van der Waals surface area contributed by atoms with Gasteiger partial charge in [-0.3, -0.25) is 15.2 Å². The summed E-state index contributed by atoms with van der Waals surface area (Å²) in [5.74, 6) is 0. The lowest BCUT2D eigenvalue weighted by atomic mass is 9.98. The van der Waals surface area contributed by atoms with E-state index in [9.17, 15) is 10.1 Å². The minimum Gasteiger partial charge on any atom is -0.282 e. The van der Waals surface area contributed by atoms with Gasteiger partial charge in [-0.2, -0.15) is 5.10 Å². The molecule has 6 nitrogen and oxygen atoms in total. The van der Waals surface area contributed by atoms with E-state index in [1.165, 1.54) is 6.07 Å². The summed E-state index contributed by atoms with van der Waals surface area (Å²) >= 11 is 0. The molecule has 4 aromatic rings. The van der Waals surface area contributed by atoms with Crippen LogP contribution in [-0.4, -0.2) is 20.1 Å². The Hall–Kier alpha value is -3.25. The number of nitrogens with zero attached hydrogens (tertiary/aromatic N) is 3. The summed E-state index contributed by atoms with van der Waals surface area (Å²) in [4.78, 5) is 15.5. The van der Waals surface area contributed by atoms with Gasteiger partial charge in [0.2, 0.25) is 0 Å². The van der Waals surface area contributed by atoms with Gasteiger partial charge in [-0.15, -0.1) is 12.4 Å². The fourth-order valence-corrected chi connectivity index (χ4v) is 2.93. The van der Waals surface area contributed by atoms with Gasteiger partial charge in [0.1, 0.15) is 0 Å². The van der Waals surface area contributed by atoms with Crippen molar-refractivity contribution in [3.8, 4) is 22.4 Å². The molecule has 0 radical (unpaired) electrons. The van der Waals surface area contributed by atoms with E-state index in [1.807, 2.05) is 43.3 Å². The Morgan fingerprint density at radius 1 is 1.04 bits per heavy atom. The van der Waals surface area contributed by atoms with Gasteiger partial charge in [0.25, 0.3) is 5.69 Å². The Balaban J connectivity index is 0.00000196. The molecule has 0 saturated heterocycles. The fraction of sp³-hybridized carbons (Fsp3) is 0.0526. The van der Waals surface area contributed by atoms with Gasteiger partial charge < -0.3 is 0 Å². The Kier molecular flexibility index (Phi) is 4.69. The maximum atomic E-state index is 11.2. The molecule has 2 aromatic carbocycles. The van der Waals surface area contributed by atoms with Crippen LogP contribution in [0, 0.1) is 17.0 Å². The summed E-state index contributed by atoms with van der Waals surface area (Å²) in [6.45, 7) is 1.94. The molecule has 2 aromatic heterocycles. The Bertz CT molecular complexity index is 1090. The highest BCUT2D eigenvalue weighted by atomic mass is 35.5. The number of hydrogen-bond acceptors (Lipinski definition) is 4. The van der Waals surface area contributed by atoms with Crippen LogP contribution >= 0.6 is 12.4 Å². The van der Waals surface area contributed by atoms with Crippen LogP contribution in [0.3, 0.4) is 0 Å². The largest absolute Gasteiger partial charge is 0.282 e. The molecule has 0 saturated carbocycles. The zero-order chi connectivity index (χ0) is 17.4. The third-order valence-electron chi connectivity index (χ3n) is 4.19. The van der Waals surface area contributed by atoms with Gasteiger partial charge in [0.15, 0.2) is 0 Å². The highest BCUT2D eigenvalue weighted by molar-refractivity contribution is 5.97. The Labute approximate surface area is 155 Å². The molecular weight excluding hydrogens is 352 g/mol.